The van der Waals surface area contributed by atoms with Gasteiger partial charge in [-0.15, -0.1) is 0 Å². The summed E-state index contributed by atoms with van der Waals surface area (Å²) in [5.74, 6) is 1.82. The molecule has 0 aliphatic carbocycles. The maximum Gasteiger partial charge on any atom is 0.255 e. The Morgan fingerprint density at radius 3 is 2.53 bits per heavy atom. The molecule has 0 saturated carbocycles. The molecule has 2 heterocycles. The monoisotopic (exact) mass is 456 g/mol. The Labute approximate surface area is 191 Å². The summed E-state index contributed by atoms with van der Waals surface area (Å²) in [6.45, 7) is 5.03. The first-order valence-electron chi connectivity index (χ1n) is 10.5. The average molecular weight is 457 g/mol. The Morgan fingerprint density at radius 2 is 1.81 bits per heavy atom. The number of aromatic nitrogens is 1. The third kappa shape index (κ3) is 4.73. The maximum atomic E-state index is 12.6. The Bertz CT molecular complexity index is 1080. The SMILES string of the molecule is COc1ccc(C(=O)NCCN2CCN(c3nc4c(OC)cccc4s3)CC2)c(OC)c1. The van der Waals surface area contributed by atoms with Crippen LogP contribution in [0.2, 0.25) is 0 Å². The molecule has 8 nitrogen and oxygen atoms in total. The molecule has 0 spiro atoms. The number of ether oxygens (including phenoxy) is 3. The van der Waals surface area contributed by atoms with Crippen LogP contribution in [0.5, 0.6) is 17.2 Å². The average Bonchev–Trinajstić information content (AvgIpc) is 3.28. The Kier molecular flexibility index (Phi) is 6.96. The van der Waals surface area contributed by atoms with Crippen molar-refractivity contribution in [2.45, 2.75) is 0 Å². The van der Waals surface area contributed by atoms with Crippen molar-refractivity contribution in [1.82, 2.24) is 15.2 Å². The molecule has 1 aliphatic rings. The first-order valence-corrected chi connectivity index (χ1v) is 11.4. The van der Waals surface area contributed by atoms with Crippen LogP contribution in [-0.4, -0.2) is 76.4 Å². The zero-order chi connectivity index (χ0) is 22.5. The molecule has 3 aromatic rings. The van der Waals surface area contributed by atoms with Crippen LogP contribution in [0.15, 0.2) is 36.4 Å². The highest BCUT2D eigenvalue weighted by Gasteiger charge is 2.21. The van der Waals surface area contributed by atoms with Gasteiger partial charge < -0.3 is 24.4 Å². The van der Waals surface area contributed by atoms with Crippen molar-refractivity contribution in [2.24, 2.45) is 0 Å². The lowest BCUT2D eigenvalue weighted by Gasteiger charge is -2.34. The molecule has 1 fully saturated rings. The van der Waals surface area contributed by atoms with E-state index in [9.17, 15) is 4.79 Å². The molecule has 1 saturated heterocycles. The van der Waals surface area contributed by atoms with Crippen LogP contribution in [0.3, 0.4) is 0 Å². The summed E-state index contributed by atoms with van der Waals surface area (Å²) < 4.78 is 17.1. The third-order valence-electron chi connectivity index (χ3n) is 5.60. The second-order valence-electron chi connectivity index (χ2n) is 7.45. The van der Waals surface area contributed by atoms with E-state index in [0.29, 0.717) is 23.6 Å². The van der Waals surface area contributed by atoms with E-state index in [1.54, 1.807) is 50.9 Å². The highest BCUT2D eigenvalue weighted by molar-refractivity contribution is 7.22. The van der Waals surface area contributed by atoms with E-state index in [4.69, 9.17) is 19.2 Å². The number of thiazole rings is 1. The van der Waals surface area contributed by atoms with Gasteiger partial charge in [0.25, 0.3) is 5.91 Å². The number of amides is 1. The lowest BCUT2D eigenvalue weighted by atomic mass is 10.1. The summed E-state index contributed by atoms with van der Waals surface area (Å²) in [5, 5.41) is 4.02. The number of benzene rings is 2. The highest BCUT2D eigenvalue weighted by atomic mass is 32.1. The molecule has 1 amide bonds. The van der Waals surface area contributed by atoms with E-state index < -0.39 is 0 Å². The summed E-state index contributed by atoms with van der Waals surface area (Å²) in [5.41, 5.74) is 1.43. The van der Waals surface area contributed by atoms with Gasteiger partial charge >= 0.3 is 0 Å². The number of nitrogens with zero attached hydrogens (tertiary/aromatic N) is 3. The Hall–Kier alpha value is -3.04. The van der Waals surface area contributed by atoms with Gasteiger partial charge in [0.2, 0.25) is 0 Å². The first kappa shape index (κ1) is 22.2. The number of hydrogen-bond donors (Lipinski definition) is 1. The van der Waals surface area contributed by atoms with Crippen LogP contribution >= 0.6 is 11.3 Å². The van der Waals surface area contributed by atoms with Crippen LogP contribution < -0.4 is 24.4 Å². The lowest BCUT2D eigenvalue weighted by Crippen LogP contribution is -2.48. The molecule has 0 unspecified atom stereocenters. The van der Waals surface area contributed by atoms with Crippen molar-refractivity contribution in [3.05, 3.63) is 42.0 Å². The van der Waals surface area contributed by atoms with E-state index in [-0.39, 0.29) is 5.91 Å². The van der Waals surface area contributed by atoms with Gasteiger partial charge in [-0.2, -0.15) is 0 Å². The number of nitrogens with one attached hydrogen (secondary N) is 1. The summed E-state index contributed by atoms with van der Waals surface area (Å²) in [6.07, 6.45) is 0. The summed E-state index contributed by atoms with van der Waals surface area (Å²) >= 11 is 1.70. The Balaban J connectivity index is 1.27. The molecule has 32 heavy (non-hydrogen) atoms. The normalized spacial score (nSPS) is 14.4. The topological polar surface area (TPSA) is 76.2 Å². The van der Waals surface area contributed by atoms with E-state index >= 15 is 0 Å². The lowest BCUT2D eigenvalue weighted by molar-refractivity contribution is 0.0944. The summed E-state index contributed by atoms with van der Waals surface area (Å²) in [7, 11) is 4.81. The minimum Gasteiger partial charge on any atom is -0.497 e. The fraction of sp³-hybridized carbons (Fsp3) is 0.391. The van der Waals surface area contributed by atoms with E-state index in [0.717, 1.165) is 53.8 Å². The van der Waals surface area contributed by atoms with Crippen molar-refractivity contribution in [2.75, 3.05) is 65.5 Å². The molecule has 0 bridgehead atoms. The molecule has 1 aliphatic heterocycles. The predicted octanol–water partition coefficient (Wildman–Crippen LogP) is 2.87. The second kappa shape index (κ2) is 10.1. The van der Waals surface area contributed by atoms with Crippen molar-refractivity contribution in [1.29, 1.82) is 0 Å². The molecule has 4 rings (SSSR count). The largest absolute Gasteiger partial charge is 0.497 e. The molecular formula is C23H28N4O4S. The van der Waals surface area contributed by atoms with Crippen LogP contribution in [0.1, 0.15) is 10.4 Å². The molecule has 1 N–H and O–H groups in total. The smallest absolute Gasteiger partial charge is 0.255 e. The third-order valence-corrected chi connectivity index (χ3v) is 6.68. The van der Waals surface area contributed by atoms with Gasteiger partial charge in [0.05, 0.1) is 31.6 Å². The number of carbonyl (C=O) groups excluding carboxylic acids is 1. The summed E-state index contributed by atoms with van der Waals surface area (Å²) in [4.78, 5) is 22.0. The maximum absolute atomic E-state index is 12.6. The van der Waals surface area contributed by atoms with Crippen molar-refractivity contribution in [3.63, 3.8) is 0 Å². The second-order valence-corrected chi connectivity index (χ2v) is 8.46. The van der Waals surface area contributed by atoms with Gasteiger partial charge in [0, 0.05) is 45.3 Å². The minimum atomic E-state index is -0.147. The van der Waals surface area contributed by atoms with Crippen LogP contribution in [-0.2, 0) is 0 Å². The Morgan fingerprint density at radius 1 is 1.03 bits per heavy atom. The fourth-order valence-corrected chi connectivity index (χ4v) is 4.82. The molecule has 0 radical (unpaired) electrons. The minimum absolute atomic E-state index is 0.147. The fourth-order valence-electron chi connectivity index (χ4n) is 3.78. The van der Waals surface area contributed by atoms with Crippen molar-refractivity contribution >= 4 is 32.6 Å². The number of methoxy groups -OCH3 is 3. The molecule has 0 atom stereocenters. The predicted molar refractivity (Wildman–Crippen MR) is 127 cm³/mol. The standard InChI is InChI=1S/C23H28N4O4S/c1-29-16-7-8-17(19(15-16)31-3)22(28)24-9-10-26-11-13-27(14-12-26)23-25-21-18(30-2)5-4-6-20(21)32-23/h4-8,15H,9-14H2,1-3H3,(H,24,28). The molecule has 2 aromatic carbocycles. The van der Waals surface area contributed by atoms with Gasteiger partial charge in [0.15, 0.2) is 5.13 Å². The number of para-hydroxylation sites is 1. The number of fused-ring (bicyclic) bond motifs is 1. The number of hydrogen-bond acceptors (Lipinski definition) is 8. The van der Waals surface area contributed by atoms with Gasteiger partial charge in [-0.3, -0.25) is 9.69 Å². The van der Waals surface area contributed by atoms with E-state index in [1.807, 2.05) is 12.1 Å². The number of rotatable bonds is 8. The van der Waals surface area contributed by atoms with Crippen LogP contribution in [0.4, 0.5) is 5.13 Å². The van der Waals surface area contributed by atoms with Gasteiger partial charge in [0.1, 0.15) is 22.8 Å². The zero-order valence-corrected chi connectivity index (χ0v) is 19.4. The number of carbonyl (C=O) groups is 1. The number of anilines is 1. The summed E-state index contributed by atoms with van der Waals surface area (Å²) in [6, 6.07) is 11.2. The highest BCUT2D eigenvalue weighted by Crippen LogP contribution is 2.34. The van der Waals surface area contributed by atoms with Crippen molar-refractivity contribution in [3.8, 4) is 17.2 Å². The number of piperazine rings is 1. The van der Waals surface area contributed by atoms with Gasteiger partial charge in [-0.1, -0.05) is 17.4 Å². The van der Waals surface area contributed by atoms with Gasteiger partial charge in [-0.25, -0.2) is 4.98 Å². The molecular weight excluding hydrogens is 428 g/mol. The van der Waals surface area contributed by atoms with E-state index in [2.05, 4.69) is 21.2 Å². The van der Waals surface area contributed by atoms with Gasteiger partial charge in [-0.05, 0) is 24.3 Å². The van der Waals surface area contributed by atoms with Crippen molar-refractivity contribution < 1.29 is 19.0 Å². The molecule has 170 valence electrons. The zero-order valence-electron chi connectivity index (χ0n) is 18.6. The molecule has 9 heteroatoms. The molecule has 1 aromatic heterocycles. The van der Waals surface area contributed by atoms with Crippen LogP contribution in [0, 0.1) is 0 Å². The van der Waals surface area contributed by atoms with Crippen LogP contribution in [0.25, 0.3) is 10.2 Å². The quantitative estimate of drug-likeness (QED) is 0.559. The van der Waals surface area contributed by atoms with E-state index in [1.165, 1.54) is 0 Å². The first-order chi connectivity index (χ1) is 15.6.